The first kappa shape index (κ1) is 30.0. The number of hydrogen-bond acceptors (Lipinski definition) is 3. The minimum Gasteiger partial charge on any atom is -0.455 e. The molecule has 3 heteroatoms. The van der Waals surface area contributed by atoms with Crippen molar-refractivity contribution in [3.8, 4) is 22.3 Å². The van der Waals surface area contributed by atoms with E-state index in [1.54, 1.807) is 0 Å². The summed E-state index contributed by atoms with van der Waals surface area (Å²) in [4.78, 5) is 2.41. The molecule has 0 N–H and O–H groups in total. The maximum absolute atomic E-state index is 6.70. The first-order valence-corrected chi connectivity index (χ1v) is 18.8. The van der Waals surface area contributed by atoms with Gasteiger partial charge in [-0.3, -0.25) is 0 Å². The Hall–Kier alpha value is -6.68. The van der Waals surface area contributed by atoms with Gasteiger partial charge in [0.25, 0.3) is 0 Å². The predicted molar refractivity (Wildman–Crippen MR) is 227 cm³/mol. The van der Waals surface area contributed by atoms with E-state index in [4.69, 9.17) is 4.42 Å². The fourth-order valence-electron chi connectivity index (χ4n) is 8.17. The lowest BCUT2D eigenvalue weighted by Crippen LogP contribution is -2.10. The topological polar surface area (TPSA) is 16.4 Å². The number of thiophene rings is 1. The van der Waals surface area contributed by atoms with Gasteiger partial charge in [0.15, 0.2) is 0 Å². The van der Waals surface area contributed by atoms with Crippen LogP contribution >= 0.6 is 11.3 Å². The van der Waals surface area contributed by atoms with Crippen molar-refractivity contribution in [3.05, 3.63) is 188 Å². The number of benzene rings is 9. The van der Waals surface area contributed by atoms with E-state index in [-0.39, 0.29) is 0 Å². The molecule has 2 heterocycles. The number of furan rings is 1. The van der Waals surface area contributed by atoms with Crippen LogP contribution in [0, 0.1) is 0 Å². The van der Waals surface area contributed by atoms with E-state index in [0.717, 1.165) is 44.4 Å². The summed E-state index contributed by atoms with van der Waals surface area (Å²) < 4.78 is 9.32. The van der Waals surface area contributed by atoms with E-state index in [1.165, 1.54) is 58.6 Å². The normalized spacial score (nSPS) is 11.8. The quantitative estimate of drug-likeness (QED) is 0.178. The van der Waals surface area contributed by atoms with Crippen molar-refractivity contribution in [2.45, 2.75) is 0 Å². The van der Waals surface area contributed by atoms with Gasteiger partial charge >= 0.3 is 0 Å². The van der Waals surface area contributed by atoms with Gasteiger partial charge in [0.2, 0.25) is 0 Å². The highest BCUT2D eigenvalue weighted by Gasteiger charge is 2.21. The Balaban J connectivity index is 1.14. The van der Waals surface area contributed by atoms with Crippen LogP contribution < -0.4 is 4.90 Å². The van der Waals surface area contributed by atoms with Crippen molar-refractivity contribution in [2.24, 2.45) is 0 Å². The molecule has 0 aliphatic carbocycles. The van der Waals surface area contributed by atoms with Gasteiger partial charge in [0, 0.05) is 42.3 Å². The molecule has 0 spiro atoms. The van der Waals surface area contributed by atoms with Crippen molar-refractivity contribution in [1.82, 2.24) is 0 Å². The Morgan fingerprint density at radius 2 is 1.02 bits per heavy atom. The molecule has 0 unspecified atom stereocenters. The third-order valence-corrected chi connectivity index (χ3v) is 11.8. The molecule has 0 atom stereocenters. The molecule has 9 aromatic carbocycles. The Bertz CT molecular complexity index is 3200. The molecule has 0 amide bonds. The van der Waals surface area contributed by atoms with Crippen LogP contribution in [0.1, 0.15) is 0 Å². The molecule has 248 valence electrons. The average molecular weight is 694 g/mol. The predicted octanol–water partition coefficient (Wildman–Crippen LogP) is 15.1. The molecule has 0 aliphatic rings. The summed E-state index contributed by atoms with van der Waals surface area (Å²) in [5.41, 5.74) is 9.78. The SMILES string of the molecule is c1cc(-c2ccc3c(c2)sc2ccccc23)cc(N(c2cccc(-c3cccc4ccccc34)c2)c2cccc3oc4c5ccccc5ccc4c23)c1. The fourth-order valence-corrected chi connectivity index (χ4v) is 9.31. The van der Waals surface area contributed by atoms with Crippen LogP contribution in [-0.2, 0) is 0 Å². The monoisotopic (exact) mass is 693 g/mol. The zero-order valence-corrected chi connectivity index (χ0v) is 29.5. The van der Waals surface area contributed by atoms with Crippen LogP contribution in [0.3, 0.4) is 0 Å². The van der Waals surface area contributed by atoms with Gasteiger partial charge in [-0.2, -0.15) is 0 Å². The zero-order chi connectivity index (χ0) is 34.9. The summed E-state index contributed by atoms with van der Waals surface area (Å²) in [6, 6.07) is 68.0. The van der Waals surface area contributed by atoms with Gasteiger partial charge in [0.1, 0.15) is 11.2 Å². The molecule has 2 nitrogen and oxygen atoms in total. The van der Waals surface area contributed by atoms with E-state index in [0.29, 0.717) is 0 Å². The molecular weight excluding hydrogens is 663 g/mol. The minimum atomic E-state index is 0.871. The molecule has 0 aliphatic heterocycles. The molecule has 0 saturated carbocycles. The molecular formula is C50H31NOS. The second kappa shape index (κ2) is 11.9. The summed E-state index contributed by atoms with van der Waals surface area (Å²) in [7, 11) is 0. The first-order valence-electron chi connectivity index (χ1n) is 18.0. The van der Waals surface area contributed by atoms with Gasteiger partial charge in [-0.1, -0.05) is 133 Å². The lowest BCUT2D eigenvalue weighted by atomic mass is 9.97. The summed E-state index contributed by atoms with van der Waals surface area (Å²) in [5, 5.41) is 9.60. The molecule has 0 saturated heterocycles. The lowest BCUT2D eigenvalue weighted by Gasteiger charge is -2.27. The van der Waals surface area contributed by atoms with Gasteiger partial charge in [-0.15, -0.1) is 11.3 Å². The van der Waals surface area contributed by atoms with Crippen molar-refractivity contribution in [1.29, 1.82) is 0 Å². The summed E-state index contributed by atoms with van der Waals surface area (Å²) >= 11 is 1.86. The van der Waals surface area contributed by atoms with Gasteiger partial charge < -0.3 is 9.32 Å². The van der Waals surface area contributed by atoms with Crippen molar-refractivity contribution < 1.29 is 4.42 Å². The van der Waals surface area contributed by atoms with Crippen LogP contribution in [0.15, 0.2) is 192 Å². The highest BCUT2D eigenvalue weighted by atomic mass is 32.1. The average Bonchev–Trinajstić information content (AvgIpc) is 3.80. The smallest absolute Gasteiger partial charge is 0.143 e. The minimum absolute atomic E-state index is 0.871. The summed E-state index contributed by atoms with van der Waals surface area (Å²) in [6.45, 7) is 0. The van der Waals surface area contributed by atoms with Crippen LogP contribution in [0.25, 0.3) is 85.9 Å². The third kappa shape index (κ3) is 4.86. The molecule has 11 rings (SSSR count). The van der Waals surface area contributed by atoms with E-state index in [1.807, 2.05) is 11.3 Å². The summed E-state index contributed by atoms with van der Waals surface area (Å²) in [6.07, 6.45) is 0. The van der Waals surface area contributed by atoms with Crippen LogP contribution in [0.5, 0.6) is 0 Å². The molecule has 0 fully saturated rings. The summed E-state index contributed by atoms with van der Waals surface area (Å²) in [5.74, 6) is 0. The third-order valence-electron chi connectivity index (χ3n) is 10.6. The molecule has 0 bridgehead atoms. The van der Waals surface area contributed by atoms with Crippen molar-refractivity contribution in [2.75, 3.05) is 4.90 Å². The van der Waals surface area contributed by atoms with Gasteiger partial charge in [0.05, 0.1) is 11.1 Å². The van der Waals surface area contributed by atoms with E-state index < -0.39 is 0 Å². The van der Waals surface area contributed by atoms with Crippen LogP contribution in [-0.4, -0.2) is 0 Å². The maximum atomic E-state index is 6.70. The fraction of sp³-hybridized carbons (Fsp3) is 0. The van der Waals surface area contributed by atoms with E-state index in [2.05, 4.69) is 193 Å². The van der Waals surface area contributed by atoms with Crippen LogP contribution in [0.4, 0.5) is 17.1 Å². The van der Waals surface area contributed by atoms with E-state index in [9.17, 15) is 0 Å². The number of anilines is 3. The van der Waals surface area contributed by atoms with Gasteiger partial charge in [-0.25, -0.2) is 0 Å². The Labute approximate surface area is 310 Å². The number of fused-ring (bicyclic) bond motifs is 9. The largest absolute Gasteiger partial charge is 0.455 e. The Morgan fingerprint density at radius 1 is 0.396 bits per heavy atom. The van der Waals surface area contributed by atoms with Crippen molar-refractivity contribution >= 4 is 92.1 Å². The van der Waals surface area contributed by atoms with Gasteiger partial charge in [-0.05, 0) is 93.0 Å². The Morgan fingerprint density at radius 3 is 1.89 bits per heavy atom. The number of nitrogens with zero attached hydrogens (tertiary/aromatic N) is 1. The number of rotatable bonds is 5. The zero-order valence-electron chi connectivity index (χ0n) is 28.7. The standard InChI is InChI=1S/C50H31NOS/c1-3-18-39-32(11-1)13-9-21-40(39)36-15-8-17-38(30-36)51(45-22-10-23-46-49(45)44-28-25-33-12-2-4-19-41(33)50(44)52-46)37-16-7-14-34(29-37)35-26-27-43-42-20-5-6-24-47(42)53-48(43)31-35/h1-31H. The molecule has 0 radical (unpaired) electrons. The first-order chi connectivity index (χ1) is 26.3. The maximum Gasteiger partial charge on any atom is 0.143 e. The molecule has 2 aromatic heterocycles. The van der Waals surface area contributed by atoms with E-state index >= 15 is 0 Å². The lowest BCUT2D eigenvalue weighted by molar-refractivity contribution is 0.672. The number of hydrogen-bond donors (Lipinski definition) is 0. The second-order valence-corrected chi connectivity index (χ2v) is 14.8. The molecule has 11 aromatic rings. The Kier molecular flexibility index (Phi) is 6.76. The van der Waals surface area contributed by atoms with Crippen molar-refractivity contribution in [3.63, 3.8) is 0 Å². The molecule has 53 heavy (non-hydrogen) atoms. The highest BCUT2D eigenvalue weighted by molar-refractivity contribution is 7.25. The van der Waals surface area contributed by atoms with Crippen LogP contribution in [0.2, 0.25) is 0 Å². The highest BCUT2D eigenvalue weighted by Crippen LogP contribution is 2.46. The second-order valence-electron chi connectivity index (χ2n) is 13.7.